The van der Waals surface area contributed by atoms with Crippen molar-refractivity contribution in [1.29, 1.82) is 0 Å². The maximum atomic E-state index is 6.37. The zero-order valence-corrected chi connectivity index (χ0v) is 26.1. The molecule has 43 heavy (non-hydrogen) atoms. The van der Waals surface area contributed by atoms with E-state index in [9.17, 15) is 0 Å². The first-order valence-electron chi connectivity index (χ1n) is 15.5. The summed E-state index contributed by atoms with van der Waals surface area (Å²) in [7, 11) is -0.393. The Hall–Kier alpha value is -3.86. The molecule has 1 fully saturated rings. The lowest BCUT2D eigenvalue weighted by Crippen LogP contribution is -2.41. The highest BCUT2D eigenvalue weighted by atomic mass is 16.7. The van der Waals surface area contributed by atoms with Crippen LogP contribution >= 0.6 is 0 Å². The summed E-state index contributed by atoms with van der Waals surface area (Å²) in [5.41, 5.74) is 11.8. The van der Waals surface area contributed by atoms with E-state index in [1.165, 1.54) is 33.4 Å². The van der Waals surface area contributed by atoms with Crippen molar-refractivity contribution in [2.24, 2.45) is 0 Å². The molecule has 4 aromatic carbocycles. The smallest absolute Gasteiger partial charge is 0.399 e. The Morgan fingerprint density at radius 1 is 0.674 bits per heavy atom. The van der Waals surface area contributed by atoms with E-state index in [0.717, 1.165) is 35.4 Å². The molecule has 3 nitrogen and oxygen atoms in total. The van der Waals surface area contributed by atoms with Gasteiger partial charge in [-0.1, -0.05) is 92.7 Å². The molecule has 1 heterocycles. The molecule has 3 aliphatic rings. The number of hydrogen-bond acceptors (Lipinski definition) is 3. The van der Waals surface area contributed by atoms with Crippen LogP contribution in [0, 0.1) is 0 Å². The van der Waals surface area contributed by atoms with E-state index in [-0.39, 0.29) is 16.6 Å². The summed E-state index contributed by atoms with van der Waals surface area (Å²) in [6, 6.07) is 35.2. The summed E-state index contributed by atoms with van der Waals surface area (Å²) in [5.74, 6) is 0. The minimum absolute atomic E-state index is 0.0389. The molecule has 4 heteroatoms. The molecular weight excluding hydrogens is 525 g/mol. The average molecular weight is 566 g/mol. The molecule has 0 aromatic heterocycles. The number of fused-ring (bicyclic) bond motifs is 2. The van der Waals surface area contributed by atoms with Crippen molar-refractivity contribution in [1.82, 2.24) is 0 Å². The third-order valence-corrected chi connectivity index (χ3v) is 10.0. The topological polar surface area (TPSA) is 21.7 Å². The van der Waals surface area contributed by atoms with Gasteiger partial charge in [-0.25, -0.2) is 0 Å². The van der Waals surface area contributed by atoms with Crippen molar-refractivity contribution in [3.8, 4) is 11.1 Å². The Labute approximate surface area is 257 Å². The van der Waals surface area contributed by atoms with Gasteiger partial charge >= 0.3 is 7.12 Å². The fourth-order valence-electron chi connectivity index (χ4n) is 6.84. The summed E-state index contributed by atoms with van der Waals surface area (Å²) >= 11 is 0. The highest BCUT2D eigenvalue weighted by Crippen LogP contribution is 2.52. The van der Waals surface area contributed by atoms with Gasteiger partial charge in [-0.05, 0) is 104 Å². The number of nitrogens with zero attached hydrogens (tertiary/aromatic N) is 1. The van der Waals surface area contributed by atoms with E-state index in [1.54, 1.807) is 0 Å². The zero-order chi connectivity index (χ0) is 30.0. The monoisotopic (exact) mass is 565 g/mol. The highest BCUT2D eigenvalue weighted by Gasteiger charge is 2.51. The Morgan fingerprint density at radius 2 is 1.33 bits per heavy atom. The Balaban J connectivity index is 1.35. The van der Waals surface area contributed by atoms with E-state index in [1.807, 2.05) is 0 Å². The van der Waals surface area contributed by atoms with E-state index in [4.69, 9.17) is 9.31 Å². The third kappa shape index (κ3) is 4.59. The van der Waals surface area contributed by atoms with Crippen molar-refractivity contribution in [3.05, 3.63) is 126 Å². The van der Waals surface area contributed by atoms with Crippen LogP contribution in [0.2, 0.25) is 0 Å². The lowest BCUT2D eigenvalue weighted by atomic mass is 9.79. The minimum atomic E-state index is -0.393. The third-order valence-electron chi connectivity index (χ3n) is 10.0. The summed E-state index contributed by atoms with van der Waals surface area (Å²) in [6.45, 7) is 13.1. The van der Waals surface area contributed by atoms with E-state index < -0.39 is 7.12 Å². The van der Waals surface area contributed by atoms with Crippen molar-refractivity contribution in [3.63, 3.8) is 0 Å². The van der Waals surface area contributed by atoms with E-state index in [0.29, 0.717) is 0 Å². The van der Waals surface area contributed by atoms with Crippen LogP contribution in [0.5, 0.6) is 0 Å². The SMILES string of the molecule is CC1(C)C2=C(CCC=C2)c2ccc(N(c3ccc(B4OC(C)(C)C(C)(C)O4)cc3)c3ccccc3-c3ccccc3)cc21. The minimum Gasteiger partial charge on any atom is -0.399 e. The fourth-order valence-corrected chi connectivity index (χ4v) is 6.84. The lowest BCUT2D eigenvalue weighted by Gasteiger charge is -2.32. The molecule has 1 aliphatic heterocycles. The van der Waals surface area contributed by atoms with Gasteiger partial charge in [-0.3, -0.25) is 0 Å². The molecule has 7 rings (SSSR count). The number of allylic oxidation sites excluding steroid dienone is 4. The van der Waals surface area contributed by atoms with Crippen LogP contribution in [-0.4, -0.2) is 18.3 Å². The maximum Gasteiger partial charge on any atom is 0.494 e. The highest BCUT2D eigenvalue weighted by molar-refractivity contribution is 6.62. The van der Waals surface area contributed by atoms with Gasteiger partial charge < -0.3 is 14.2 Å². The zero-order valence-electron chi connectivity index (χ0n) is 26.1. The average Bonchev–Trinajstić information content (AvgIpc) is 3.38. The predicted octanol–water partition coefficient (Wildman–Crippen LogP) is 9.52. The first-order valence-corrected chi connectivity index (χ1v) is 15.5. The van der Waals surface area contributed by atoms with Gasteiger partial charge in [0.05, 0.1) is 16.9 Å². The van der Waals surface area contributed by atoms with Crippen LogP contribution in [0.25, 0.3) is 16.7 Å². The normalized spacial score (nSPS) is 19.3. The maximum absolute atomic E-state index is 6.37. The Kier molecular flexibility index (Phi) is 6.57. The number of anilines is 3. The van der Waals surface area contributed by atoms with Gasteiger partial charge in [0.1, 0.15) is 0 Å². The van der Waals surface area contributed by atoms with Crippen LogP contribution in [0.4, 0.5) is 17.1 Å². The second-order valence-corrected chi connectivity index (χ2v) is 13.6. The molecule has 4 aromatic rings. The first-order chi connectivity index (χ1) is 20.6. The number of para-hydroxylation sites is 1. The van der Waals surface area contributed by atoms with Gasteiger partial charge in [0.2, 0.25) is 0 Å². The molecule has 0 saturated carbocycles. The molecule has 0 bridgehead atoms. The van der Waals surface area contributed by atoms with Gasteiger partial charge in [0, 0.05) is 22.4 Å². The van der Waals surface area contributed by atoms with E-state index >= 15 is 0 Å². The van der Waals surface area contributed by atoms with Crippen molar-refractivity contribution < 1.29 is 9.31 Å². The Morgan fingerprint density at radius 3 is 2.05 bits per heavy atom. The molecule has 0 radical (unpaired) electrons. The van der Waals surface area contributed by atoms with Gasteiger partial charge in [-0.15, -0.1) is 0 Å². The molecular formula is C39H40BNO2. The molecule has 0 N–H and O–H groups in total. The summed E-state index contributed by atoms with van der Waals surface area (Å²) in [6.07, 6.45) is 6.91. The number of benzene rings is 4. The Bertz CT molecular complexity index is 1730. The molecule has 1 saturated heterocycles. The van der Waals surface area contributed by atoms with Gasteiger partial charge in [-0.2, -0.15) is 0 Å². The second kappa shape index (κ2) is 10.1. The van der Waals surface area contributed by atoms with Crippen molar-refractivity contribution >= 4 is 35.2 Å². The van der Waals surface area contributed by atoms with Crippen molar-refractivity contribution in [2.45, 2.75) is 71.0 Å². The molecule has 2 aliphatic carbocycles. The molecule has 0 atom stereocenters. The summed E-state index contributed by atoms with van der Waals surface area (Å²) in [5, 5.41) is 0. The lowest BCUT2D eigenvalue weighted by molar-refractivity contribution is 0.00578. The molecule has 0 unspecified atom stereocenters. The molecule has 216 valence electrons. The number of rotatable bonds is 5. The van der Waals surface area contributed by atoms with Crippen molar-refractivity contribution in [2.75, 3.05) is 4.90 Å². The first kappa shape index (κ1) is 27.9. The van der Waals surface area contributed by atoms with Crippen LogP contribution in [0.3, 0.4) is 0 Å². The van der Waals surface area contributed by atoms with Crippen LogP contribution in [0.15, 0.2) is 115 Å². The van der Waals surface area contributed by atoms with Crippen LogP contribution < -0.4 is 10.4 Å². The van der Waals surface area contributed by atoms with Gasteiger partial charge in [0.15, 0.2) is 0 Å². The largest absolute Gasteiger partial charge is 0.494 e. The standard InChI is InChI=1S/C39H40BNO2/c1-37(2)34-18-12-10-17-32(34)33-25-24-30(26-35(33)37)41(36-19-13-11-16-31(36)27-14-8-7-9-15-27)29-22-20-28(21-23-29)40-42-38(3,4)39(5,6)43-40/h7-9,11-16,18-26H,10,17H2,1-6H3. The summed E-state index contributed by atoms with van der Waals surface area (Å²) in [4.78, 5) is 2.40. The van der Waals surface area contributed by atoms with E-state index in [2.05, 4.69) is 156 Å². The fraction of sp³-hybridized carbons (Fsp3) is 0.282. The molecule has 0 amide bonds. The quantitative estimate of drug-likeness (QED) is 0.225. The second-order valence-electron chi connectivity index (χ2n) is 13.6. The van der Waals surface area contributed by atoms with Crippen LogP contribution in [0.1, 0.15) is 65.5 Å². The van der Waals surface area contributed by atoms with Gasteiger partial charge in [0.25, 0.3) is 0 Å². The predicted molar refractivity (Wildman–Crippen MR) is 181 cm³/mol. The van der Waals surface area contributed by atoms with Crippen LogP contribution in [-0.2, 0) is 14.7 Å². The molecule has 0 spiro atoms. The number of hydrogen-bond donors (Lipinski definition) is 0. The summed E-state index contributed by atoms with van der Waals surface area (Å²) < 4.78 is 12.7.